The van der Waals surface area contributed by atoms with Crippen molar-refractivity contribution in [2.45, 2.75) is 32.6 Å². The van der Waals surface area contributed by atoms with Crippen molar-refractivity contribution < 1.29 is 0 Å². The summed E-state index contributed by atoms with van der Waals surface area (Å²) in [6, 6.07) is 4.22. The summed E-state index contributed by atoms with van der Waals surface area (Å²) in [6.45, 7) is 7.99. The van der Waals surface area contributed by atoms with Crippen molar-refractivity contribution in [1.29, 1.82) is 0 Å². The van der Waals surface area contributed by atoms with Gasteiger partial charge in [0.15, 0.2) is 0 Å². The molecule has 1 aliphatic rings. The summed E-state index contributed by atoms with van der Waals surface area (Å²) in [7, 11) is 0. The van der Waals surface area contributed by atoms with Crippen LogP contribution in [0, 0.1) is 6.92 Å². The first-order chi connectivity index (χ1) is 8.78. The van der Waals surface area contributed by atoms with Crippen LogP contribution in [0.25, 0.3) is 5.65 Å². The van der Waals surface area contributed by atoms with Crippen LogP contribution in [0.3, 0.4) is 0 Å². The normalized spacial score (nSPS) is 18.6. The van der Waals surface area contributed by atoms with E-state index >= 15 is 0 Å². The molecule has 0 saturated carbocycles. The minimum Gasteiger partial charge on any atom is -0.307 e. The standard InChI is InChI=1S/C15H21N3/c1-3-17-9-6-13(7-10-17)14-11-18-8-4-5-12(2)15(18)16-14/h4-5,8,11,13H,3,6-7,9-10H2,1-2H3. The van der Waals surface area contributed by atoms with Gasteiger partial charge in [0.25, 0.3) is 0 Å². The van der Waals surface area contributed by atoms with E-state index < -0.39 is 0 Å². The molecule has 0 amide bonds. The smallest absolute Gasteiger partial charge is 0.139 e. The van der Waals surface area contributed by atoms with Gasteiger partial charge in [-0.05, 0) is 51.0 Å². The summed E-state index contributed by atoms with van der Waals surface area (Å²) in [5.74, 6) is 0.645. The van der Waals surface area contributed by atoms with Crippen molar-refractivity contribution in [3.05, 3.63) is 35.8 Å². The van der Waals surface area contributed by atoms with Gasteiger partial charge in [-0.25, -0.2) is 4.98 Å². The predicted molar refractivity (Wildman–Crippen MR) is 74.0 cm³/mol. The monoisotopic (exact) mass is 243 g/mol. The van der Waals surface area contributed by atoms with E-state index in [1.807, 2.05) is 0 Å². The molecular weight excluding hydrogens is 222 g/mol. The minimum absolute atomic E-state index is 0.645. The molecule has 0 radical (unpaired) electrons. The Kier molecular flexibility index (Phi) is 3.08. The third-order valence-electron chi connectivity index (χ3n) is 4.15. The minimum atomic E-state index is 0.645. The number of nitrogens with zero attached hydrogens (tertiary/aromatic N) is 3. The van der Waals surface area contributed by atoms with Crippen molar-refractivity contribution in [2.24, 2.45) is 0 Å². The van der Waals surface area contributed by atoms with E-state index in [2.05, 4.69) is 47.7 Å². The first-order valence-corrected chi connectivity index (χ1v) is 6.94. The van der Waals surface area contributed by atoms with E-state index in [1.54, 1.807) is 0 Å². The van der Waals surface area contributed by atoms with Crippen LogP contribution in [0.2, 0.25) is 0 Å². The molecule has 0 aliphatic carbocycles. The zero-order chi connectivity index (χ0) is 12.5. The van der Waals surface area contributed by atoms with Crippen LogP contribution in [0.15, 0.2) is 24.5 Å². The molecule has 3 nitrogen and oxygen atoms in total. The maximum absolute atomic E-state index is 4.83. The van der Waals surface area contributed by atoms with Gasteiger partial charge in [0.05, 0.1) is 5.69 Å². The summed E-state index contributed by atoms with van der Waals surface area (Å²) >= 11 is 0. The second-order valence-corrected chi connectivity index (χ2v) is 5.30. The van der Waals surface area contributed by atoms with Gasteiger partial charge in [-0.3, -0.25) is 0 Å². The molecule has 96 valence electrons. The molecule has 2 aromatic rings. The van der Waals surface area contributed by atoms with Gasteiger partial charge in [-0.15, -0.1) is 0 Å². The molecule has 0 spiro atoms. The lowest BCUT2D eigenvalue weighted by molar-refractivity contribution is 0.221. The molecule has 3 heterocycles. The van der Waals surface area contributed by atoms with Gasteiger partial charge in [-0.2, -0.15) is 0 Å². The molecule has 18 heavy (non-hydrogen) atoms. The van der Waals surface area contributed by atoms with E-state index in [1.165, 1.54) is 43.7 Å². The van der Waals surface area contributed by atoms with E-state index in [-0.39, 0.29) is 0 Å². The number of fused-ring (bicyclic) bond motifs is 1. The second kappa shape index (κ2) is 4.73. The SMILES string of the molecule is CCN1CCC(c2cn3cccc(C)c3n2)CC1. The van der Waals surface area contributed by atoms with Crippen molar-refractivity contribution in [3.63, 3.8) is 0 Å². The third-order valence-corrected chi connectivity index (χ3v) is 4.15. The Bertz CT molecular complexity index is 536. The van der Waals surface area contributed by atoms with Crippen LogP contribution < -0.4 is 0 Å². The van der Waals surface area contributed by atoms with Crippen molar-refractivity contribution >= 4 is 5.65 Å². The highest BCUT2D eigenvalue weighted by molar-refractivity contribution is 5.48. The Morgan fingerprint density at radius 2 is 2.11 bits per heavy atom. The van der Waals surface area contributed by atoms with E-state index in [9.17, 15) is 0 Å². The number of hydrogen-bond acceptors (Lipinski definition) is 2. The van der Waals surface area contributed by atoms with Crippen LogP contribution in [-0.4, -0.2) is 33.9 Å². The highest BCUT2D eigenvalue weighted by atomic mass is 15.1. The number of hydrogen-bond donors (Lipinski definition) is 0. The Morgan fingerprint density at radius 1 is 1.33 bits per heavy atom. The Morgan fingerprint density at radius 3 is 2.78 bits per heavy atom. The molecule has 2 aromatic heterocycles. The van der Waals surface area contributed by atoms with Gasteiger partial charge >= 0.3 is 0 Å². The summed E-state index contributed by atoms with van der Waals surface area (Å²) < 4.78 is 2.16. The highest BCUT2D eigenvalue weighted by Crippen LogP contribution is 2.27. The number of aromatic nitrogens is 2. The Labute approximate surface area is 108 Å². The maximum atomic E-state index is 4.83. The summed E-state index contributed by atoms with van der Waals surface area (Å²) in [4.78, 5) is 7.36. The third kappa shape index (κ3) is 2.03. The summed E-state index contributed by atoms with van der Waals surface area (Å²) in [5.41, 5.74) is 3.65. The molecular formula is C15H21N3. The molecule has 0 unspecified atom stereocenters. The lowest BCUT2D eigenvalue weighted by Crippen LogP contribution is -2.32. The van der Waals surface area contributed by atoms with E-state index in [4.69, 9.17) is 4.98 Å². The quantitative estimate of drug-likeness (QED) is 0.808. The topological polar surface area (TPSA) is 20.5 Å². The molecule has 1 saturated heterocycles. The average Bonchev–Trinajstić information content (AvgIpc) is 2.84. The van der Waals surface area contributed by atoms with Crippen LogP contribution in [0.4, 0.5) is 0 Å². The Hall–Kier alpha value is -1.35. The lowest BCUT2D eigenvalue weighted by atomic mass is 9.94. The van der Waals surface area contributed by atoms with Gasteiger partial charge in [0.2, 0.25) is 0 Å². The largest absolute Gasteiger partial charge is 0.307 e. The molecule has 3 rings (SSSR count). The molecule has 1 fully saturated rings. The summed E-state index contributed by atoms with van der Waals surface area (Å²) in [6.07, 6.45) is 6.81. The molecule has 1 aliphatic heterocycles. The molecule has 3 heteroatoms. The zero-order valence-electron chi connectivity index (χ0n) is 11.3. The van der Waals surface area contributed by atoms with Crippen LogP contribution in [0.5, 0.6) is 0 Å². The fourth-order valence-electron chi connectivity index (χ4n) is 2.91. The van der Waals surface area contributed by atoms with Crippen LogP contribution >= 0.6 is 0 Å². The number of rotatable bonds is 2. The number of pyridine rings is 1. The fraction of sp³-hybridized carbons (Fsp3) is 0.533. The maximum Gasteiger partial charge on any atom is 0.139 e. The second-order valence-electron chi connectivity index (χ2n) is 5.30. The van der Waals surface area contributed by atoms with Gasteiger partial charge in [0, 0.05) is 18.3 Å². The number of imidazole rings is 1. The molecule has 0 atom stereocenters. The Balaban J connectivity index is 1.85. The van der Waals surface area contributed by atoms with Crippen LogP contribution in [0.1, 0.15) is 36.9 Å². The number of likely N-dealkylation sites (tertiary alicyclic amines) is 1. The molecule has 0 N–H and O–H groups in total. The predicted octanol–water partition coefficient (Wildman–Crippen LogP) is 2.84. The highest BCUT2D eigenvalue weighted by Gasteiger charge is 2.21. The van der Waals surface area contributed by atoms with Gasteiger partial charge < -0.3 is 9.30 Å². The average molecular weight is 243 g/mol. The van der Waals surface area contributed by atoms with Crippen molar-refractivity contribution in [1.82, 2.24) is 14.3 Å². The first kappa shape index (κ1) is 11.7. The fourth-order valence-corrected chi connectivity index (χ4v) is 2.91. The van der Waals surface area contributed by atoms with Crippen molar-refractivity contribution in [2.75, 3.05) is 19.6 Å². The molecule has 0 aromatic carbocycles. The van der Waals surface area contributed by atoms with E-state index in [0.29, 0.717) is 5.92 Å². The molecule has 0 bridgehead atoms. The lowest BCUT2D eigenvalue weighted by Gasteiger charge is -2.30. The summed E-state index contributed by atoms with van der Waals surface area (Å²) in [5, 5.41) is 0. The zero-order valence-corrected chi connectivity index (χ0v) is 11.3. The van der Waals surface area contributed by atoms with Gasteiger partial charge in [-0.1, -0.05) is 13.0 Å². The first-order valence-electron chi connectivity index (χ1n) is 6.94. The van der Waals surface area contributed by atoms with Crippen LogP contribution in [-0.2, 0) is 0 Å². The van der Waals surface area contributed by atoms with E-state index in [0.717, 1.165) is 5.65 Å². The van der Waals surface area contributed by atoms with Crippen molar-refractivity contribution in [3.8, 4) is 0 Å². The number of piperidine rings is 1. The van der Waals surface area contributed by atoms with Gasteiger partial charge in [0.1, 0.15) is 5.65 Å². The number of aryl methyl sites for hydroxylation is 1.